The molecule has 2 aliphatic rings. The normalized spacial score (nSPS) is 28.5. The zero-order valence-electron chi connectivity index (χ0n) is 11.8. The monoisotopic (exact) mass is 290 g/mol. The maximum atomic E-state index is 5.72. The van der Waals surface area contributed by atoms with E-state index in [0.29, 0.717) is 12.1 Å². The molecule has 2 aliphatic heterocycles. The van der Waals surface area contributed by atoms with Crippen molar-refractivity contribution in [2.45, 2.75) is 37.8 Å². The average Bonchev–Trinajstić information content (AvgIpc) is 2.95. The number of ether oxygens (including phenoxy) is 1. The standard InChI is InChI=1S/C16H22N2OS/c1-2-6-13(7-3-1)10-14-12-20-16(18-14)17-11-15-8-4-5-9-19-15/h1-3,6-7,14-15H,4-5,8-12H2,(H,17,18). The van der Waals surface area contributed by atoms with Crippen molar-refractivity contribution in [3.05, 3.63) is 35.9 Å². The summed E-state index contributed by atoms with van der Waals surface area (Å²) >= 11 is 1.84. The third-order valence-electron chi connectivity index (χ3n) is 3.79. The zero-order valence-corrected chi connectivity index (χ0v) is 12.6. The largest absolute Gasteiger partial charge is 0.376 e. The minimum Gasteiger partial charge on any atom is -0.376 e. The lowest BCUT2D eigenvalue weighted by Crippen LogP contribution is -2.30. The molecule has 1 aromatic rings. The van der Waals surface area contributed by atoms with E-state index in [-0.39, 0.29) is 0 Å². The fourth-order valence-electron chi connectivity index (χ4n) is 2.67. The minimum absolute atomic E-state index is 0.340. The molecule has 1 aromatic carbocycles. The molecule has 0 spiro atoms. The van der Waals surface area contributed by atoms with Crippen molar-refractivity contribution >= 4 is 16.9 Å². The highest BCUT2D eigenvalue weighted by molar-refractivity contribution is 8.14. The molecule has 3 nitrogen and oxygen atoms in total. The smallest absolute Gasteiger partial charge is 0.156 e. The van der Waals surface area contributed by atoms with Crippen molar-refractivity contribution in [1.29, 1.82) is 0 Å². The second-order valence-electron chi connectivity index (χ2n) is 5.48. The van der Waals surface area contributed by atoms with E-state index in [1.54, 1.807) is 0 Å². The van der Waals surface area contributed by atoms with E-state index in [2.05, 4.69) is 40.6 Å². The summed E-state index contributed by atoms with van der Waals surface area (Å²) in [5, 5.41) is 4.63. The molecule has 20 heavy (non-hydrogen) atoms. The second-order valence-corrected chi connectivity index (χ2v) is 6.49. The van der Waals surface area contributed by atoms with Gasteiger partial charge in [0.05, 0.1) is 12.6 Å². The van der Waals surface area contributed by atoms with Crippen LogP contribution in [0, 0.1) is 0 Å². The number of hydrogen-bond acceptors (Lipinski definition) is 3. The number of rotatable bonds is 4. The fourth-order valence-corrected chi connectivity index (χ4v) is 3.65. The highest BCUT2D eigenvalue weighted by Gasteiger charge is 2.21. The first-order valence-electron chi connectivity index (χ1n) is 7.49. The van der Waals surface area contributed by atoms with Gasteiger partial charge in [-0.1, -0.05) is 42.1 Å². The Hall–Kier alpha value is -1.00. The van der Waals surface area contributed by atoms with E-state index in [1.807, 2.05) is 11.8 Å². The summed E-state index contributed by atoms with van der Waals surface area (Å²) in [7, 11) is 0. The van der Waals surface area contributed by atoms with Crippen LogP contribution >= 0.6 is 11.8 Å². The number of nitrogens with zero attached hydrogens (tertiary/aromatic N) is 1. The average molecular weight is 290 g/mol. The molecule has 2 unspecified atom stereocenters. The van der Waals surface area contributed by atoms with Gasteiger partial charge in [-0.05, 0) is 31.2 Å². The van der Waals surface area contributed by atoms with E-state index in [4.69, 9.17) is 4.74 Å². The summed E-state index contributed by atoms with van der Waals surface area (Å²) < 4.78 is 5.72. The van der Waals surface area contributed by atoms with Crippen molar-refractivity contribution in [2.75, 3.05) is 18.9 Å². The number of aliphatic imine (C=N–C) groups is 1. The number of thioether (sulfide) groups is 1. The molecule has 2 saturated heterocycles. The number of amidine groups is 1. The molecule has 2 heterocycles. The summed E-state index contributed by atoms with van der Waals surface area (Å²) in [5.74, 6) is 1.11. The van der Waals surface area contributed by atoms with Gasteiger partial charge < -0.3 is 10.1 Å². The van der Waals surface area contributed by atoms with Crippen LogP contribution < -0.4 is 5.32 Å². The van der Waals surface area contributed by atoms with Crippen LogP contribution in [0.15, 0.2) is 35.3 Å². The van der Waals surface area contributed by atoms with Crippen molar-refractivity contribution in [3.8, 4) is 0 Å². The summed E-state index contributed by atoms with van der Waals surface area (Å²) in [6, 6.07) is 11.2. The molecule has 2 atom stereocenters. The Morgan fingerprint density at radius 1 is 1.25 bits per heavy atom. The third kappa shape index (κ3) is 4.00. The molecule has 0 aromatic heterocycles. The third-order valence-corrected chi connectivity index (χ3v) is 4.88. The summed E-state index contributed by atoms with van der Waals surface area (Å²) in [6.07, 6.45) is 5.07. The quantitative estimate of drug-likeness (QED) is 0.926. The Bertz CT molecular complexity index is 443. The fraction of sp³-hybridized carbons (Fsp3) is 0.562. The van der Waals surface area contributed by atoms with Gasteiger partial charge in [0, 0.05) is 18.4 Å². The minimum atomic E-state index is 0.340. The zero-order chi connectivity index (χ0) is 13.6. The second kappa shape index (κ2) is 7.14. The first-order valence-corrected chi connectivity index (χ1v) is 8.48. The van der Waals surface area contributed by atoms with Gasteiger partial charge in [-0.15, -0.1) is 0 Å². The van der Waals surface area contributed by atoms with Crippen molar-refractivity contribution in [1.82, 2.24) is 5.32 Å². The van der Waals surface area contributed by atoms with Gasteiger partial charge in [0.25, 0.3) is 0 Å². The molecule has 0 bridgehead atoms. The molecule has 0 amide bonds. The summed E-state index contributed by atoms with van der Waals surface area (Å²) in [6.45, 7) is 1.72. The number of nitrogens with one attached hydrogen (secondary N) is 1. The summed E-state index contributed by atoms with van der Waals surface area (Å²) in [5.41, 5.74) is 1.39. The van der Waals surface area contributed by atoms with E-state index >= 15 is 0 Å². The van der Waals surface area contributed by atoms with E-state index in [1.165, 1.54) is 18.4 Å². The van der Waals surface area contributed by atoms with Crippen LogP contribution in [0.2, 0.25) is 0 Å². The van der Waals surface area contributed by atoms with Gasteiger partial charge in [0.15, 0.2) is 5.17 Å². The van der Waals surface area contributed by atoms with Crippen LogP contribution in [0.5, 0.6) is 0 Å². The predicted octanol–water partition coefficient (Wildman–Crippen LogP) is 2.86. The SMILES string of the molecule is c1ccc(CC2CSC(=NCC3CCCCO3)N2)cc1. The highest BCUT2D eigenvalue weighted by Crippen LogP contribution is 2.18. The van der Waals surface area contributed by atoms with Gasteiger partial charge in [-0.2, -0.15) is 0 Å². The Morgan fingerprint density at radius 2 is 2.15 bits per heavy atom. The van der Waals surface area contributed by atoms with Crippen LogP contribution in [0.3, 0.4) is 0 Å². The van der Waals surface area contributed by atoms with Crippen LogP contribution in [0.25, 0.3) is 0 Å². The van der Waals surface area contributed by atoms with Crippen LogP contribution in [0.4, 0.5) is 0 Å². The molecule has 0 radical (unpaired) electrons. The van der Waals surface area contributed by atoms with Crippen LogP contribution in [-0.4, -0.2) is 36.2 Å². The van der Waals surface area contributed by atoms with E-state index in [9.17, 15) is 0 Å². The molecule has 4 heteroatoms. The Kier molecular flexibility index (Phi) is 4.98. The Labute approximate surface area is 125 Å². The molecule has 0 saturated carbocycles. The first-order chi connectivity index (χ1) is 9.90. The topological polar surface area (TPSA) is 33.6 Å². The molecule has 2 fully saturated rings. The Balaban J connectivity index is 1.46. The molecule has 1 N–H and O–H groups in total. The lowest BCUT2D eigenvalue weighted by molar-refractivity contribution is 0.0225. The lowest BCUT2D eigenvalue weighted by atomic mass is 10.1. The maximum Gasteiger partial charge on any atom is 0.156 e. The van der Waals surface area contributed by atoms with Gasteiger partial charge in [0.2, 0.25) is 0 Å². The Morgan fingerprint density at radius 3 is 2.95 bits per heavy atom. The molecule has 0 aliphatic carbocycles. The predicted molar refractivity (Wildman–Crippen MR) is 85.4 cm³/mol. The van der Waals surface area contributed by atoms with E-state index in [0.717, 1.165) is 36.9 Å². The molecule has 3 rings (SSSR count). The number of hydrogen-bond donors (Lipinski definition) is 1. The molecular formula is C16H22N2OS. The van der Waals surface area contributed by atoms with E-state index < -0.39 is 0 Å². The molecular weight excluding hydrogens is 268 g/mol. The first kappa shape index (κ1) is 14.0. The van der Waals surface area contributed by atoms with Crippen molar-refractivity contribution in [3.63, 3.8) is 0 Å². The summed E-state index contributed by atoms with van der Waals surface area (Å²) in [4.78, 5) is 4.68. The van der Waals surface area contributed by atoms with Crippen LogP contribution in [-0.2, 0) is 11.2 Å². The lowest BCUT2D eigenvalue weighted by Gasteiger charge is -2.20. The van der Waals surface area contributed by atoms with Gasteiger partial charge in [0.1, 0.15) is 0 Å². The van der Waals surface area contributed by atoms with Gasteiger partial charge in [-0.3, -0.25) is 4.99 Å². The molecule has 108 valence electrons. The van der Waals surface area contributed by atoms with Crippen molar-refractivity contribution < 1.29 is 4.74 Å². The number of benzene rings is 1. The van der Waals surface area contributed by atoms with Gasteiger partial charge >= 0.3 is 0 Å². The van der Waals surface area contributed by atoms with Crippen LogP contribution in [0.1, 0.15) is 24.8 Å². The van der Waals surface area contributed by atoms with Crippen molar-refractivity contribution in [2.24, 2.45) is 4.99 Å². The van der Waals surface area contributed by atoms with Gasteiger partial charge in [-0.25, -0.2) is 0 Å². The highest BCUT2D eigenvalue weighted by atomic mass is 32.2. The maximum absolute atomic E-state index is 5.72.